The summed E-state index contributed by atoms with van der Waals surface area (Å²) < 4.78 is 6.19. The molecule has 144 valence electrons. The molecule has 4 rings (SSSR count). The SMILES string of the molecule is O=C1C(=Cc2ccc(-c3ccc(Cl)cc3Cl)o2)SC(=S)N1N=Cc1ccccc1. The number of furan rings is 1. The standard InChI is InChI=1S/C21H12Cl2N2O2S2/c22-14-6-8-16(17(23)10-14)18-9-7-15(27-18)11-19-20(26)25(21(28)29-19)24-12-13-4-2-1-3-5-13/h1-12H. The molecule has 0 spiro atoms. The first kappa shape index (κ1) is 19.9. The minimum Gasteiger partial charge on any atom is -0.457 e. The molecule has 1 aromatic heterocycles. The lowest BCUT2D eigenvalue weighted by atomic mass is 10.2. The fourth-order valence-electron chi connectivity index (χ4n) is 2.62. The highest BCUT2D eigenvalue weighted by Gasteiger charge is 2.32. The fraction of sp³-hybridized carbons (Fsp3) is 0. The van der Waals surface area contributed by atoms with Crippen LogP contribution in [-0.4, -0.2) is 21.5 Å². The zero-order chi connectivity index (χ0) is 20.4. The third kappa shape index (κ3) is 4.46. The van der Waals surface area contributed by atoms with Gasteiger partial charge in [0.2, 0.25) is 0 Å². The van der Waals surface area contributed by atoms with Gasteiger partial charge in [-0.2, -0.15) is 10.1 Å². The maximum absolute atomic E-state index is 12.7. The van der Waals surface area contributed by atoms with Gasteiger partial charge in [-0.15, -0.1) is 0 Å². The van der Waals surface area contributed by atoms with E-state index in [4.69, 9.17) is 39.8 Å². The van der Waals surface area contributed by atoms with Crippen molar-refractivity contribution in [2.24, 2.45) is 5.10 Å². The Hall–Kier alpha value is -2.38. The first-order chi connectivity index (χ1) is 14.0. The summed E-state index contributed by atoms with van der Waals surface area (Å²) in [5.41, 5.74) is 1.59. The number of carbonyl (C=O) groups is 1. The third-order valence-electron chi connectivity index (χ3n) is 3.99. The molecule has 29 heavy (non-hydrogen) atoms. The van der Waals surface area contributed by atoms with E-state index >= 15 is 0 Å². The van der Waals surface area contributed by atoms with Gasteiger partial charge in [0.1, 0.15) is 11.5 Å². The zero-order valence-corrected chi connectivity index (χ0v) is 17.9. The van der Waals surface area contributed by atoms with E-state index < -0.39 is 0 Å². The van der Waals surface area contributed by atoms with Gasteiger partial charge in [-0.1, -0.05) is 65.3 Å². The normalized spacial score (nSPS) is 15.8. The second-order valence-electron chi connectivity index (χ2n) is 5.97. The Morgan fingerprint density at radius 2 is 1.86 bits per heavy atom. The van der Waals surface area contributed by atoms with Crippen molar-refractivity contribution < 1.29 is 9.21 Å². The maximum Gasteiger partial charge on any atom is 0.286 e. The molecule has 1 aliphatic heterocycles. The molecule has 2 aromatic carbocycles. The van der Waals surface area contributed by atoms with E-state index in [1.807, 2.05) is 30.3 Å². The van der Waals surface area contributed by atoms with Gasteiger partial charge in [-0.3, -0.25) is 4.79 Å². The van der Waals surface area contributed by atoms with Crippen LogP contribution in [0.2, 0.25) is 10.0 Å². The lowest BCUT2D eigenvalue weighted by molar-refractivity contribution is -0.122. The number of hydrogen-bond acceptors (Lipinski definition) is 5. The largest absolute Gasteiger partial charge is 0.457 e. The quantitative estimate of drug-likeness (QED) is 0.254. The number of nitrogens with zero attached hydrogens (tertiary/aromatic N) is 2. The highest BCUT2D eigenvalue weighted by molar-refractivity contribution is 8.26. The van der Waals surface area contributed by atoms with E-state index in [-0.39, 0.29) is 5.91 Å². The molecule has 1 aliphatic rings. The summed E-state index contributed by atoms with van der Waals surface area (Å²) in [6.45, 7) is 0. The lowest BCUT2D eigenvalue weighted by Gasteiger charge is -2.05. The summed E-state index contributed by atoms with van der Waals surface area (Å²) in [6.07, 6.45) is 3.24. The Balaban J connectivity index is 1.55. The highest BCUT2D eigenvalue weighted by Crippen LogP contribution is 2.35. The third-order valence-corrected chi connectivity index (χ3v) is 5.82. The molecule has 1 fully saturated rings. The van der Waals surface area contributed by atoms with Crippen LogP contribution >= 0.6 is 47.2 Å². The summed E-state index contributed by atoms with van der Waals surface area (Å²) >= 11 is 18.6. The molecular weight excluding hydrogens is 447 g/mol. The van der Waals surface area contributed by atoms with Gasteiger partial charge < -0.3 is 4.42 Å². The van der Waals surface area contributed by atoms with E-state index in [1.54, 1.807) is 42.6 Å². The molecule has 0 unspecified atom stereocenters. The molecule has 3 aromatic rings. The first-order valence-electron chi connectivity index (χ1n) is 8.43. The summed E-state index contributed by atoms with van der Waals surface area (Å²) in [6, 6.07) is 18.2. The van der Waals surface area contributed by atoms with Crippen LogP contribution in [0.25, 0.3) is 17.4 Å². The minimum absolute atomic E-state index is 0.297. The Labute approximate surface area is 186 Å². The average Bonchev–Trinajstić information content (AvgIpc) is 3.26. The van der Waals surface area contributed by atoms with Gasteiger partial charge in [0.15, 0.2) is 4.32 Å². The summed E-state index contributed by atoms with van der Waals surface area (Å²) in [7, 11) is 0. The Morgan fingerprint density at radius 3 is 2.62 bits per heavy atom. The van der Waals surface area contributed by atoms with Gasteiger partial charge in [0, 0.05) is 16.7 Å². The molecule has 1 amide bonds. The second-order valence-corrected chi connectivity index (χ2v) is 8.49. The Kier molecular flexibility index (Phi) is 5.87. The van der Waals surface area contributed by atoms with Crippen LogP contribution in [0.3, 0.4) is 0 Å². The molecule has 0 atom stereocenters. The van der Waals surface area contributed by atoms with Crippen LogP contribution in [0.1, 0.15) is 11.3 Å². The smallest absolute Gasteiger partial charge is 0.286 e. The first-order valence-corrected chi connectivity index (χ1v) is 10.4. The van der Waals surface area contributed by atoms with E-state index in [0.29, 0.717) is 30.8 Å². The van der Waals surface area contributed by atoms with Gasteiger partial charge >= 0.3 is 0 Å². The van der Waals surface area contributed by atoms with Gasteiger partial charge in [0.05, 0.1) is 16.1 Å². The van der Waals surface area contributed by atoms with E-state index in [9.17, 15) is 4.79 Å². The minimum atomic E-state index is -0.297. The van der Waals surface area contributed by atoms with Crippen molar-refractivity contribution in [2.75, 3.05) is 0 Å². The number of hydrogen-bond donors (Lipinski definition) is 0. The molecule has 0 radical (unpaired) electrons. The molecule has 1 saturated heterocycles. The average molecular weight is 459 g/mol. The fourth-order valence-corrected chi connectivity index (χ4v) is 4.27. The second kappa shape index (κ2) is 8.55. The maximum atomic E-state index is 12.7. The predicted octanol–water partition coefficient (Wildman–Crippen LogP) is 6.49. The van der Waals surface area contributed by atoms with Crippen molar-refractivity contribution >= 4 is 69.7 Å². The number of amides is 1. The van der Waals surface area contributed by atoms with E-state index in [0.717, 1.165) is 11.1 Å². The van der Waals surface area contributed by atoms with Crippen LogP contribution in [0.15, 0.2) is 75.1 Å². The number of benzene rings is 2. The molecular formula is C21H12Cl2N2O2S2. The summed E-state index contributed by atoms with van der Waals surface area (Å²) in [4.78, 5) is 13.1. The van der Waals surface area contributed by atoms with Crippen LogP contribution in [0.4, 0.5) is 0 Å². The number of halogens is 2. The van der Waals surface area contributed by atoms with Gasteiger partial charge in [-0.25, -0.2) is 0 Å². The van der Waals surface area contributed by atoms with E-state index in [1.165, 1.54) is 16.8 Å². The lowest BCUT2D eigenvalue weighted by Crippen LogP contribution is -2.22. The van der Waals surface area contributed by atoms with Gasteiger partial charge in [-0.05, 0) is 48.1 Å². The summed E-state index contributed by atoms with van der Waals surface area (Å²) in [5.74, 6) is 0.795. The number of thiocarbonyl (C=S) groups is 1. The Morgan fingerprint density at radius 1 is 1.07 bits per heavy atom. The summed E-state index contributed by atoms with van der Waals surface area (Å²) in [5, 5.41) is 6.46. The highest BCUT2D eigenvalue weighted by atomic mass is 35.5. The van der Waals surface area contributed by atoms with Crippen molar-refractivity contribution in [1.82, 2.24) is 5.01 Å². The number of hydrazone groups is 1. The number of thioether (sulfide) groups is 1. The van der Waals surface area contributed by atoms with Crippen LogP contribution in [0.5, 0.6) is 0 Å². The number of carbonyl (C=O) groups excluding carboxylic acids is 1. The van der Waals surface area contributed by atoms with Gasteiger partial charge in [0.25, 0.3) is 5.91 Å². The van der Waals surface area contributed by atoms with Crippen molar-refractivity contribution in [2.45, 2.75) is 0 Å². The van der Waals surface area contributed by atoms with Crippen molar-refractivity contribution in [3.8, 4) is 11.3 Å². The molecule has 2 heterocycles. The number of rotatable bonds is 4. The Bertz CT molecular complexity index is 1160. The molecule has 8 heteroatoms. The van der Waals surface area contributed by atoms with E-state index in [2.05, 4.69) is 5.10 Å². The van der Waals surface area contributed by atoms with Crippen LogP contribution in [-0.2, 0) is 4.79 Å². The van der Waals surface area contributed by atoms with Crippen LogP contribution in [0, 0.1) is 0 Å². The molecule has 0 saturated carbocycles. The zero-order valence-electron chi connectivity index (χ0n) is 14.7. The predicted molar refractivity (Wildman–Crippen MR) is 123 cm³/mol. The van der Waals surface area contributed by atoms with Crippen LogP contribution < -0.4 is 0 Å². The van der Waals surface area contributed by atoms with Crippen molar-refractivity contribution in [1.29, 1.82) is 0 Å². The van der Waals surface area contributed by atoms with Crippen molar-refractivity contribution in [3.63, 3.8) is 0 Å². The molecule has 0 bridgehead atoms. The van der Waals surface area contributed by atoms with Crippen molar-refractivity contribution in [3.05, 3.63) is 86.9 Å². The monoisotopic (exact) mass is 458 g/mol. The molecule has 0 N–H and O–H groups in total. The topological polar surface area (TPSA) is 45.8 Å². The molecule has 0 aliphatic carbocycles. The molecule has 4 nitrogen and oxygen atoms in total.